The first-order valence-corrected chi connectivity index (χ1v) is 48.8. The third kappa shape index (κ3) is 17.8. The zero-order valence-corrected chi connectivity index (χ0v) is 80.9. The predicted molar refractivity (Wildman–Crippen MR) is 542 cm³/mol. The number of thiazole rings is 5. The SMILES string of the molecule is COc1ccccc1-c1nc(-c2c(C)nn3ccccc23)sc1C1=NC=CC1.Cc1nn2ccccc2c1-c1nc(-c2ccccc2C(F)(F)F)c(-c2ncn[nH]2)s1.Cc1nn2ccccc2c1-c1nc(-c2ccccc2Cl)c(-c2ncn(C)n2)s1.Cc1nn2ccccc2c1-c1nc(-c2ccccc2F)c(C2=NC=CC2)s1.Cc1nn2ccccc2c1-c1nc(C2CCOCC2)c(-c2ncn(C)n2)s1. The number of aryl methyl sites for hydroxylation is 7. The van der Waals surface area contributed by atoms with Crippen molar-refractivity contribution in [3.63, 3.8) is 0 Å². The minimum atomic E-state index is -4.51. The van der Waals surface area contributed by atoms with Crippen LogP contribution in [0, 0.1) is 40.4 Å². The number of halogens is 5. The zero-order chi connectivity index (χ0) is 96.0. The summed E-state index contributed by atoms with van der Waals surface area (Å²) in [6.07, 6.45) is 21.1. The normalized spacial score (nSPS) is 13.1. The molecule has 0 bridgehead atoms. The number of hydrogen-bond donors (Lipinski definition) is 1. The number of aliphatic imine (C=N–C) groups is 2. The number of fused-ring (bicyclic) bond motifs is 5. The van der Waals surface area contributed by atoms with Crippen molar-refractivity contribution in [2.24, 2.45) is 24.1 Å². The van der Waals surface area contributed by atoms with Gasteiger partial charge in [-0.05, 0) is 145 Å². The Kier molecular flexibility index (Phi) is 25.2. The molecule has 28 nitrogen and oxygen atoms in total. The van der Waals surface area contributed by atoms with Gasteiger partial charge in [0.1, 0.15) is 60.5 Å². The number of aromatic nitrogens is 24. The molecular weight excluding hydrogens is 1890 g/mol. The van der Waals surface area contributed by atoms with E-state index in [0.717, 1.165) is 220 Å². The van der Waals surface area contributed by atoms with Gasteiger partial charge in [-0.1, -0.05) is 115 Å². The molecule has 22 aromatic rings. The number of ether oxygens (including phenoxy) is 2. The fourth-order valence-electron chi connectivity index (χ4n) is 17.2. The molecule has 21 heterocycles. The highest BCUT2D eigenvalue weighted by atomic mass is 35.5. The van der Waals surface area contributed by atoms with Crippen LogP contribution in [0.5, 0.6) is 5.75 Å². The fraction of sp³-hybridized carbons (Fsp3) is 0.157. The quantitative estimate of drug-likeness (QED) is 0.0879. The molecule has 1 fully saturated rings. The van der Waals surface area contributed by atoms with Gasteiger partial charge in [-0.25, -0.2) is 66.8 Å². The molecule has 0 radical (unpaired) electrons. The first-order chi connectivity index (χ1) is 68.2. The molecule has 25 rings (SSSR count). The van der Waals surface area contributed by atoms with Crippen LogP contribution < -0.4 is 4.74 Å². The smallest absolute Gasteiger partial charge is 0.417 e. The lowest BCUT2D eigenvalue weighted by Gasteiger charge is -2.21. The molecule has 0 saturated carbocycles. The molecule has 0 atom stereocenters. The van der Waals surface area contributed by atoms with Gasteiger partial charge in [0.25, 0.3) is 0 Å². The standard InChI is InChI=1S/C22H18N4OS.C21H15FN4S.C20H15ClN6S.C20H13F3N6S.C19H20N6OS/c1-14-19(17-10-5-6-13-26(17)25-14)22-24-20(15-8-3-4-11-18(15)27-2)21(28-22)16-9-7-12-23-16;1-13-18(17-10-4-5-12-26(17)25-13)21-24-19(14-7-2-3-8-15(14)22)20(27-21)16-9-6-11-23-16;1-12-16(15-9-5-6-10-27(15)24-12)20-23-17(13-7-3-4-8-14(13)21)18(28-20)19-22-11-26(2)25-19;1-11-15(14-8-4-5-9-29(14)28-11)19-26-16(17(30-19)18-24-10-25-27-18)12-6-2-3-7-13(12)20(21,22)23;1-12-15(14-5-3-4-8-25(14)22-12)19-21-16(13-6-9-26-10-7-13)17(27-19)18-20-11-24(2)23-18/h3-8,10-13H,9H2,1-2H3;2-8,10-12H,9H2,1H3;3-11H,1-2H3;2-10H,1H3,(H,24,25,27);3-5,8,11,13H,6-7,9-10H2,1-2H3. The van der Waals surface area contributed by atoms with Gasteiger partial charge in [0.15, 0.2) is 17.5 Å². The lowest BCUT2D eigenvalue weighted by Crippen LogP contribution is -2.15. The second kappa shape index (κ2) is 38.8. The molecule has 18 aromatic heterocycles. The van der Waals surface area contributed by atoms with E-state index in [1.54, 1.807) is 103 Å². The van der Waals surface area contributed by atoms with Gasteiger partial charge in [0.05, 0.1) is 161 Å². The van der Waals surface area contributed by atoms with Crippen LogP contribution >= 0.6 is 68.3 Å². The van der Waals surface area contributed by atoms with Gasteiger partial charge < -0.3 is 9.47 Å². The van der Waals surface area contributed by atoms with Crippen LogP contribution in [0.25, 0.3) is 158 Å². The van der Waals surface area contributed by atoms with E-state index in [1.165, 1.54) is 35.9 Å². The third-order valence-electron chi connectivity index (χ3n) is 23.6. The van der Waals surface area contributed by atoms with E-state index in [1.807, 2.05) is 243 Å². The van der Waals surface area contributed by atoms with Crippen LogP contribution in [0.3, 0.4) is 0 Å². The van der Waals surface area contributed by atoms with E-state index in [-0.39, 0.29) is 17.1 Å². The van der Waals surface area contributed by atoms with Crippen LogP contribution in [-0.4, -0.2) is 149 Å². The van der Waals surface area contributed by atoms with Crippen molar-refractivity contribution < 1.29 is 27.0 Å². The van der Waals surface area contributed by atoms with Crippen molar-refractivity contribution >= 4 is 107 Å². The van der Waals surface area contributed by atoms with E-state index < -0.39 is 11.7 Å². The summed E-state index contributed by atoms with van der Waals surface area (Å²) in [6, 6.07) is 57.6. The van der Waals surface area contributed by atoms with Crippen molar-refractivity contribution in [2.75, 3.05) is 20.3 Å². The Hall–Kier alpha value is -15.5. The van der Waals surface area contributed by atoms with Crippen molar-refractivity contribution in [1.82, 2.24) is 118 Å². The zero-order valence-electron chi connectivity index (χ0n) is 76.1. The summed E-state index contributed by atoms with van der Waals surface area (Å²) in [6.45, 7) is 11.4. The summed E-state index contributed by atoms with van der Waals surface area (Å²) in [5, 5.41) is 43.4. The molecule has 1 N–H and O–H groups in total. The number of methoxy groups -OCH3 is 1. The molecule has 3 aliphatic heterocycles. The first-order valence-electron chi connectivity index (χ1n) is 44.4. The number of allylic oxidation sites excluding steroid dienone is 2. The van der Waals surface area contributed by atoms with Crippen LogP contribution in [0.1, 0.15) is 81.1 Å². The van der Waals surface area contributed by atoms with E-state index in [9.17, 15) is 17.6 Å². The number of alkyl halides is 3. The molecule has 4 aromatic carbocycles. The number of nitrogens with zero attached hydrogens (tertiary/aromatic N) is 25. The molecule has 0 aliphatic carbocycles. The van der Waals surface area contributed by atoms with Gasteiger partial charge in [-0.3, -0.25) is 24.4 Å². The molecule has 1 saturated heterocycles. The summed E-state index contributed by atoms with van der Waals surface area (Å²) in [4.78, 5) is 51.2. The van der Waals surface area contributed by atoms with Crippen LogP contribution in [0.2, 0.25) is 5.02 Å². The average molecular weight is 1970 g/mol. The Balaban J connectivity index is 0.000000104. The Morgan fingerprint density at radius 3 is 1.21 bits per heavy atom. The highest BCUT2D eigenvalue weighted by molar-refractivity contribution is 7.20. The van der Waals surface area contributed by atoms with Gasteiger partial charge in [0, 0.05) is 112 Å². The monoisotopic (exact) mass is 1970 g/mol. The Morgan fingerprint density at radius 1 is 0.414 bits per heavy atom. The number of para-hydroxylation sites is 1. The van der Waals surface area contributed by atoms with Crippen molar-refractivity contribution in [3.05, 3.63) is 323 Å². The molecule has 140 heavy (non-hydrogen) atoms. The highest BCUT2D eigenvalue weighted by Crippen LogP contribution is 2.50. The van der Waals surface area contributed by atoms with Crippen LogP contribution in [-0.2, 0) is 25.0 Å². The van der Waals surface area contributed by atoms with Gasteiger partial charge in [-0.15, -0.1) is 56.7 Å². The van der Waals surface area contributed by atoms with Crippen molar-refractivity contribution in [1.29, 1.82) is 0 Å². The predicted octanol–water partition coefficient (Wildman–Crippen LogP) is 24.0. The largest absolute Gasteiger partial charge is 0.496 e. The number of pyridine rings is 5. The molecular formula is C102H81ClF4N26O2S5. The number of nitrogens with one attached hydrogen (secondary N) is 1. The van der Waals surface area contributed by atoms with E-state index in [0.29, 0.717) is 43.7 Å². The maximum atomic E-state index is 14.5. The second-order valence-electron chi connectivity index (χ2n) is 32.7. The summed E-state index contributed by atoms with van der Waals surface area (Å²) in [5.74, 6) is 2.65. The number of aromatic amines is 1. The van der Waals surface area contributed by atoms with Crippen molar-refractivity contribution in [2.45, 2.75) is 72.4 Å². The maximum absolute atomic E-state index is 14.5. The molecule has 38 heteroatoms. The Morgan fingerprint density at radius 2 is 0.793 bits per heavy atom. The summed E-state index contributed by atoms with van der Waals surface area (Å²) >= 11 is 14.2. The third-order valence-corrected chi connectivity index (χ3v) is 29.4. The average Bonchev–Trinajstić information content (AvgIpc) is 1.62. The minimum absolute atomic E-state index is 0.00646. The maximum Gasteiger partial charge on any atom is 0.417 e. The number of benzene rings is 4. The Bertz CT molecular complexity index is 8540. The van der Waals surface area contributed by atoms with E-state index in [2.05, 4.69) is 94.0 Å². The molecule has 0 spiro atoms. The van der Waals surface area contributed by atoms with E-state index in [4.69, 9.17) is 41.0 Å². The van der Waals surface area contributed by atoms with E-state index >= 15 is 0 Å². The van der Waals surface area contributed by atoms with Crippen molar-refractivity contribution in [3.8, 4) is 136 Å². The number of H-pyrrole nitrogens is 1. The number of hydrogen-bond acceptors (Lipinski definition) is 25. The summed E-state index contributed by atoms with van der Waals surface area (Å²) < 4.78 is 79.4. The molecule has 696 valence electrons. The van der Waals surface area contributed by atoms with Gasteiger partial charge in [-0.2, -0.15) is 54.0 Å². The first kappa shape index (κ1) is 90.9. The highest BCUT2D eigenvalue weighted by Gasteiger charge is 2.37. The lowest BCUT2D eigenvalue weighted by atomic mass is 9.95. The summed E-state index contributed by atoms with van der Waals surface area (Å²) in [7, 11) is 5.43. The van der Waals surface area contributed by atoms with Crippen LogP contribution in [0.4, 0.5) is 17.6 Å². The Labute approximate surface area is 821 Å². The van der Waals surface area contributed by atoms with Crippen LogP contribution in [0.15, 0.2) is 273 Å². The second-order valence-corrected chi connectivity index (χ2v) is 38.1. The molecule has 0 amide bonds. The summed E-state index contributed by atoms with van der Waals surface area (Å²) in [5.41, 5.74) is 21.6. The fourth-order valence-corrected chi connectivity index (χ4v) is 23.3. The lowest BCUT2D eigenvalue weighted by molar-refractivity contribution is -0.137. The molecule has 3 aliphatic rings. The van der Waals surface area contributed by atoms with Gasteiger partial charge in [0.2, 0.25) is 0 Å². The number of rotatable bonds is 16. The molecule has 0 unspecified atom stereocenters. The topological polar surface area (TPSA) is 297 Å². The van der Waals surface area contributed by atoms with Gasteiger partial charge >= 0.3 is 6.18 Å². The minimum Gasteiger partial charge on any atom is -0.496 e.